The van der Waals surface area contributed by atoms with Gasteiger partial charge in [-0.3, -0.25) is 12.2 Å². The molecule has 7 rings (SSSR count). The van der Waals surface area contributed by atoms with Gasteiger partial charge in [-0.2, -0.15) is 23.3 Å². The van der Waals surface area contributed by atoms with Gasteiger partial charge in [0.2, 0.25) is 0 Å². The second-order valence-electron chi connectivity index (χ2n) is 10.4. The van der Waals surface area contributed by atoms with Gasteiger partial charge in [-0.25, -0.2) is 11.1 Å². The number of halogens is 2. The van der Waals surface area contributed by atoms with E-state index in [9.17, 15) is 0 Å². The summed E-state index contributed by atoms with van der Waals surface area (Å²) in [6.45, 7) is 8.66. The Labute approximate surface area is 280 Å². The van der Waals surface area contributed by atoms with Gasteiger partial charge in [0, 0.05) is 9.52 Å². The third kappa shape index (κ3) is 8.55. The third-order valence-electron chi connectivity index (χ3n) is 7.40. The quantitative estimate of drug-likeness (QED) is 0.222. The fraction of sp³-hybridized carbons (Fsp3) is 0.243. The summed E-state index contributed by atoms with van der Waals surface area (Å²) in [5.41, 5.74) is 7.89. The molecule has 4 heteroatoms. The zero-order valence-electron chi connectivity index (χ0n) is 24.3. The average molecular weight is 671 g/mol. The number of hydrogen-bond donors (Lipinski definition) is 0. The van der Waals surface area contributed by atoms with Crippen molar-refractivity contribution in [2.75, 3.05) is 0 Å². The largest absolute Gasteiger partial charge is 4.00 e. The van der Waals surface area contributed by atoms with Gasteiger partial charge in [0.15, 0.2) is 0 Å². The molecule has 2 radical (unpaired) electrons. The molecule has 2 aliphatic carbocycles. The maximum Gasteiger partial charge on any atom is 4.00 e. The molecular weight excluding hydrogens is 635 g/mol. The van der Waals surface area contributed by atoms with Crippen LogP contribution < -0.4 is 24.8 Å². The van der Waals surface area contributed by atoms with Gasteiger partial charge in [-0.15, -0.1) is 0 Å². The van der Waals surface area contributed by atoms with Crippen molar-refractivity contribution >= 4 is 42.2 Å². The van der Waals surface area contributed by atoms with Crippen molar-refractivity contribution in [1.82, 2.24) is 0 Å². The van der Waals surface area contributed by atoms with Gasteiger partial charge in [-0.05, 0) is 21.5 Å². The Morgan fingerprint density at radius 1 is 0.585 bits per heavy atom. The first kappa shape index (κ1) is 35.2. The zero-order chi connectivity index (χ0) is 26.5. The molecule has 2 atom stereocenters. The maximum atomic E-state index is 3.45. The minimum atomic E-state index is 0. The summed E-state index contributed by atoms with van der Waals surface area (Å²) in [6, 6.07) is 33.2. The van der Waals surface area contributed by atoms with Gasteiger partial charge in [0.05, 0.1) is 0 Å². The van der Waals surface area contributed by atoms with Gasteiger partial charge in [0.1, 0.15) is 0 Å². The SMILES string of the molecule is C1C[Si]C1.CC1=[C-]C(C)C=C1c1cccc2ccccc12.CC1=[C-]C(C)C=C1c1cccc2ccccc12.[Cl-].[Cl-].[Zr+4]. The Kier molecular flexibility index (Phi) is 14.3. The smallest absolute Gasteiger partial charge is 1.00 e. The number of fused-ring (bicyclic) bond motifs is 2. The van der Waals surface area contributed by atoms with Crippen molar-refractivity contribution in [2.24, 2.45) is 11.8 Å². The first-order valence-corrected chi connectivity index (χ1v) is 15.2. The zero-order valence-corrected chi connectivity index (χ0v) is 29.2. The van der Waals surface area contributed by atoms with Crippen LogP contribution in [-0.4, -0.2) is 9.52 Å². The minimum absolute atomic E-state index is 0. The molecule has 1 heterocycles. The summed E-state index contributed by atoms with van der Waals surface area (Å²) < 4.78 is 0. The monoisotopic (exact) mass is 668 g/mol. The van der Waals surface area contributed by atoms with Crippen LogP contribution in [0.15, 0.2) is 108 Å². The fourth-order valence-corrected chi connectivity index (χ4v) is 5.71. The molecule has 0 amide bonds. The van der Waals surface area contributed by atoms with Crippen molar-refractivity contribution in [3.63, 3.8) is 0 Å². The Balaban J connectivity index is 0.000000237. The van der Waals surface area contributed by atoms with Crippen LogP contribution >= 0.6 is 0 Å². The van der Waals surface area contributed by atoms with Crippen LogP contribution in [0.2, 0.25) is 12.1 Å². The van der Waals surface area contributed by atoms with E-state index in [1.54, 1.807) is 0 Å². The van der Waals surface area contributed by atoms with Crippen LogP contribution in [0.25, 0.3) is 32.7 Å². The van der Waals surface area contributed by atoms with Crippen LogP contribution in [0, 0.1) is 24.0 Å². The summed E-state index contributed by atoms with van der Waals surface area (Å²) in [6.07, 6.45) is 13.0. The Bertz CT molecular complexity index is 1450. The molecule has 1 aliphatic heterocycles. The van der Waals surface area contributed by atoms with Gasteiger partial charge < -0.3 is 24.8 Å². The predicted octanol–water partition coefficient (Wildman–Crippen LogP) is 4.18. The molecule has 4 aromatic rings. The van der Waals surface area contributed by atoms with Gasteiger partial charge in [-0.1, -0.05) is 154 Å². The van der Waals surface area contributed by atoms with E-state index < -0.39 is 0 Å². The second kappa shape index (κ2) is 16.6. The molecular formula is C37H36Cl2SiZr. The van der Waals surface area contributed by atoms with E-state index in [0.717, 1.165) is 0 Å². The molecule has 2 unspecified atom stereocenters. The number of hydrogen-bond acceptors (Lipinski definition) is 0. The van der Waals surface area contributed by atoms with Crippen LogP contribution in [0.4, 0.5) is 0 Å². The van der Waals surface area contributed by atoms with Crippen LogP contribution in [-0.2, 0) is 26.2 Å². The van der Waals surface area contributed by atoms with Crippen LogP contribution in [0.1, 0.15) is 45.2 Å². The van der Waals surface area contributed by atoms with Crippen molar-refractivity contribution in [3.8, 4) is 0 Å². The Morgan fingerprint density at radius 2 is 0.927 bits per heavy atom. The van der Waals surface area contributed by atoms with E-state index in [-0.39, 0.29) is 51.0 Å². The molecule has 0 saturated carbocycles. The molecule has 4 aromatic carbocycles. The van der Waals surface area contributed by atoms with E-state index >= 15 is 0 Å². The number of rotatable bonds is 2. The third-order valence-corrected chi connectivity index (χ3v) is 8.81. The molecule has 1 saturated heterocycles. The average Bonchev–Trinajstić information content (AvgIpc) is 3.41. The van der Waals surface area contributed by atoms with Gasteiger partial charge in [0.25, 0.3) is 0 Å². The summed E-state index contributed by atoms with van der Waals surface area (Å²) in [7, 11) is 1.32. The molecule has 0 spiro atoms. The summed E-state index contributed by atoms with van der Waals surface area (Å²) in [5.74, 6) is 0.868. The van der Waals surface area contributed by atoms with E-state index in [0.29, 0.717) is 11.8 Å². The Hall–Kier alpha value is -1.96. The molecule has 0 aromatic heterocycles. The standard InChI is InChI=1S/2C17H15.C3H6Si.2ClH.Zr/c2*1-12-10-13(2)17(11-12)16-9-5-7-14-6-3-4-8-15(14)16;1-2-4-3-1;;;/h2*3-9,11-12H,1-2H3;1-3H2;2*1H;/q2*-1;;;;+4/p-2. The first-order chi connectivity index (χ1) is 18.5. The van der Waals surface area contributed by atoms with Crippen LogP contribution in [0.5, 0.6) is 0 Å². The van der Waals surface area contributed by atoms with Crippen molar-refractivity contribution < 1.29 is 51.0 Å². The predicted molar refractivity (Wildman–Crippen MR) is 167 cm³/mol. The molecule has 206 valence electrons. The van der Waals surface area contributed by atoms with Gasteiger partial charge >= 0.3 is 26.2 Å². The summed E-state index contributed by atoms with van der Waals surface area (Å²) in [5, 5.41) is 5.27. The van der Waals surface area contributed by atoms with Crippen molar-refractivity contribution in [1.29, 1.82) is 0 Å². The topological polar surface area (TPSA) is 0 Å². The summed E-state index contributed by atoms with van der Waals surface area (Å²) >= 11 is 0. The minimum Gasteiger partial charge on any atom is -1.00 e. The Morgan fingerprint density at radius 3 is 1.24 bits per heavy atom. The van der Waals surface area contributed by atoms with E-state index in [1.165, 1.54) is 83.0 Å². The first-order valence-electron chi connectivity index (χ1n) is 13.8. The van der Waals surface area contributed by atoms with Crippen molar-refractivity contribution in [2.45, 2.75) is 46.2 Å². The number of benzene rings is 4. The van der Waals surface area contributed by atoms with Crippen molar-refractivity contribution in [3.05, 3.63) is 132 Å². The molecule has 0 N–H and O–H groups in total. The molecule has 41 heavy (non-hydrogen) atoms. The normalized spacial score (nSPS) is 18.3. The molecule has 0 nitrogen and oxygen atoms in total. The maximum absolute atomic E-state index is 3.45. The van der Waals surface area contributed by atoms with Crippen LogP contribution in [0.3, 0.4) is 0 Å². The molecule has 0 bridgehead atoms. The van der Waals surface area contributed by atoms with E-state index in [4.69, 9.17) is 0 Å². The van der Waals surface area contributed by atoms with E-state index in [2.05, 4.69) is 137 Å². The number of allylic oxidation sites excluding steroid dienone is 8. The molecule has 1 fully saturated rings. The molecule has 3 aliphatic rings. The van der Waals surface area contributed by atoms with E-state index in [1.807, 2.05) is 0 Å². The second-order valence-corrected chi connectivity index (χ2v) is 11.9. The fourth-order valence-electron chi connectivity index (χ4n) is 5.35. The summed E-state index contributed by atoms with van der Waals surface area (Å²) in [4.78, 5) is 0.